The Morgan fingerprint density at radius 2 is 1.81 bits per heavy atom. The Morgan fingerprint density at radius 3 is 2.52 bits per heavy atom. The first-order valence-electron chi connectivity index (χ1n) is 6.79. The first-order chi connectivity index (χ1) is 10.2. The minimum Gasteiger partial charge on any atom is -0.345 e. The summed E-state index contributed by atoms with van der Waals surface area (Å²) in [7, 11) is 0. The summed E-state index contributed by atoms with van der Waals surface area (Å²) >= 11 is 6.25. The fraction of sp³-hybridized carbons (Fsp3) is 0.118. The maximum atomic E-state index is 6.25. The van der Waals surface area contributed by atoms with Crippen LogP contribution in [-0.4, -0.2) is 9.97 Å². The zero-order valence-corrected chi connectivity index (χ0v) is 12.5. The van der Waals surface area contributed by atoms with Crippen molar-refractivity contribution in [3.63, 3.8) is 0 Å². The lowest BCUT2D eigenvalue weighted by Crippen LogP contribution is -2.03. The number of rotatable bonds is 3. The number of benzene rings is 2. The van der Waals surface area contributed by atoms with Gasteiger partial charge in [0.1, 0.15) is 5.82 Å². The van der Waals surface area contributed by atoms with E-state index >= 15 is 0 Å². The van der Waals surface area contributed by atoms with E-state index in [1.54, 1.807) is 6.20 Å². The second kappa shape index (κ2) is 5.72. The molecule has 1 heterocycles. The lowest BCUT2D eigenvalue weighted by molar-refractivity contribution is 1.07. The van der Waals surface area contributed by atoms with E-state index in [0.717, 1.165) is 38.7 Å². The van der Waals surface area contributed by atoms with Crippen molar-refractivity contribution in [1.82, 2.24) is 9.97 Å². The summed E-state index contributed by atoms with van der Waals surface area (Å²) in [5, 5.41) is 0.763. The fourth-order valence-corrected chi connectivity index (χ4v) is 2.77. The van der Waals surface area contributed by atoms with E-state index in [0.29, 0.717) is 6.54 Å². The molecule has 0 aliphatic carbocycles. The van der Waals surface area contributed by atoms with Gasteiger partial charge >= 0.3 is 0 Å². The molecule has 3 aromatic rings. The van der Waals surface area contributed by atoms with Gasteiger partial charge in [-0.05, 0) is 35.2 Å². The summed E-state index contributed by atoms with van der Waals surface area (Å²) in [6.07, 6.45) is 3.56. The molecule has 0 bridgehead atoms. The van der Waals surface area contributed by atoms with Gasteiger partial charge in [0.05, 0.1) is 0 Å². The molecule has 2 aromatic carbocycles. The number of aromatic nitrogens is 2. The summed E-state index contributed by atoms with van der Waals surface area (Å²) in [5.74, 6) is 0.831. The SMILES string of the molecule is Cc1c(Cl)cccc1-c1cccc(-c2ncc[nH]2)c1CN. The summed E-state index contributed by atoms with van der Waals surface area (Å²) in [6, 6.07) is 12.1. The number of aromatic amines is 1. The molecular formula is C17H16ClN3. The van der Waals surface area contributed by atoms with Crippen molar-refractivity contribution in [3.8, 4) is 22.5 Å². The van der Waals surface area contributed by atoms with Crippen molar-refractivity contribution in [1.29, 1.82) is 0 Å². The minimum absolute atomic E-state index is 0.443. The van der Waals surface area contributed by atoms with Crippen molar-refractivity contribution >= 4 is 11.6 Å². The summed E-state index contributed by atoms with van der Waals surface area (Å²) in [6.45, 7) is 2.47. The highest BCUT2D eigenvalue weighted by molar-refractivity contribution is 6.31. The molecule has 0 aliphatic rings. The van der Waals surface area contributed by atoms with Crippen molar-refractivity contribution in [3.05, 3.63) is 64.9 Å². The molecule has 0 saturated carbocycles. The molecule has 3 N–H and O–H groups in total. The Balaban J connectivity index is 2.24. The van der Waals surface area contributed by atoms with E-state index in [9.17, 15) is 0 Å². The van der Waals surface area contributed by atoms with Crippen LogP contribution >= 0.6 is 11.6 Å². The molecular weight excluding hydrogens is 282 g/mol. The zero-order valence-electron chi connectivity index (χ0n) is 11.7. The quantitative estimate of drug-likeness (QED) is 0.762. The van der Waals surface area contributed by atoms with Gasteiger partial charge in [-0.2, -0.15) is 0 Å². The average Bonchev–Trinajstić information content (AvgIpc) is 3.03. The summed E-state index contributed by atoms with van der Waals surface area (Å²) < 4.78 is 0. The standard InChI is InChI=1S/C17H16ClN3/c1-11-12(4-3-7-16(11)18)13-5-2-6-14(15(13)10-19)17-20-8-9-21-17/h2-9H,10,19H2,1H3,(H,20,21). The molecule has 0 saturated heterocycles. The van der Waals surface area contributed by atoms with Crippen LogP contribution in [0.4, 0.5) is 0 Å². The molecule has 0 atom stereocenters. The number of imidazole rings is 1. The van der Waals surface area contributed by atoms with Crippen LogP contribution in [0.2, 0.25) is 5.02 Å². The maximum Gasteiger partial charge on any atom is 0.137 e. The topological polar surface area (TPSA) is 54.7 Å². The highest BCUT2D eigenvalue weighted by Crippen LogP contribution is 2.34. The predicted octanol–water partition coefficient (Wildman–Crippen LogP) is 4.16. The molecule has 0 fully saturated rings. The van der Waals surface area contributed by atoms with Crippen LogP contribution in [0.3, 0.4) is 0 Å². The first kappa shape index (κ1) is 13.9. The molecule has 3 nitrogen and oxygen atoms in total. The van der Waals surface area contributed by atoms with Gasteiger partial charge in [-0.3, -0.25) is 0 Å². The first-order valence-corrected chi connectivity index (χ1v) is 7.17. The predicted molar refractivity (Wildman–Crippen MR) is 87.1 cm³/mol. The molecule has 21 heavy (non-hydrogen) atoms. The van der Waals surface area contributed by atoms with Crippen LogP contribution < -0.4 is 5.73 Å². The molecule has 0 aliphatic heterocycles. The minimum atomic E-state index is 0.443. The van der Waals surface area contributed by atoms with E-state index in [4.69, 9.17) is 17.3 Å². The molecule has 0 amide bonds. The lowest BCUT2D eigenvalue weighted by Gasteiger charge is -2.15. The van der Waals surface area contributed by atoms with Crippen molar-refractivity contribution < 1.29 is 0 Å². The lowest BCUT2D eigenvalue weighted by atomic mass is 9.92. The maximum absolute atomic E-state index is 6.25. The highest BCUT2D eigenvalue weighted by atomic mass is 35.5. The number of hydrogen-bond donors (Lipinski definition) is 2. The van der Waals surface area contributed by atoms with Gasteiger partial charge in [-0.25, -0.2) is 4.98 Å². The van der Waals surface area contributed by atoms with Crippen molar-refractivity contribution in [2.24, 2.45) is 5.73 Å². The molecule has 4 heteroatoms. The third-order valence-electron chi connectivity index (χ3n) is 3.69. The number of hydrogen-bond acceptors (Lipinski definition) is 2. The Labute approximate surface area is 128 Å². The second-order valence-corrected chi connectivity index (χ2v) is 5.29. The highest BCUT2D eigenvalue weighted by Gasteiger charge is 2.14. The number of nitrogens with one attached hydrogen (secondary N) is 1. The third kappa shape index (κ3) is 2.46. The number of nitrogens with two attached hydrogens (primary N) is 1. The van der Waals surface area contributed by atoms with Crippen molar-refractivity contribution in [2.75, 3.05) is 0 Å². The van der Waals surface area contributed by atoms with Gasteiger partial charge in [0.25, 0.3) is 0 Å². The van der Waals surface area contributed by atoms with Gasteiger partial charge in [0.15, 0.2) is 0 Å². The monoisotopic (exact) mass is 297 g/mol. The fourth-order valence-electron chi connectivity index (χ4n) is 2.59. The Hall–Kier alpha value is -2.10. The zero-order chi connectivity index (χ0) is 14.8. The summed E-state index contributed by atoms with van der Waals surface area (Å²) in [4.78, 5) is 7.47. The molecule has 0 unspecified atom stereocenters. The molecule has 106 valence electrons. The molecule has 3 rings (SSSR count). The van der Waals surface area contributed by atoms with Gasteiger partial charge in [-0.1, -0.05) is 41.9 Å². The van der Waals surface area contributed by atoms with E-state index in [-0.39, 0.29) is 0 Å². The molecule has 0 spiro atoms. The van der Waals surface area contributed by atoms with Gasteiger partial charge in [-0.15, -0.1) is 0 Å². The Morgan fingerprint density at radius 1 is 1.10 bits per heavy atom. The largest absolute Gasteiger partial charge is 0.345 e. The van der Waals surface area contributed by atoms with E-state index in [1.165, 1.54) is 0 Å². The second-order valence-electron chi connectivity index (χ2n) is 4.89. The smallest absolute Gasteiger partial charge is 0.137 e. The van der Waals surface area contributed by atoms with Crippen LogP contribution in [0.15, 0.2) is 48.8 Å². The van der Waals surface area contributed by atoms with Gasteiger partial charge in [0, 0.05) is 29.5 Å². The van der Waals surface area contributed by atoms with Crippen LogP contribution in [0, 0.1) is 6.92 Å². The normalized spacial score (nSPS) is 10.8. The third-order valence-corrected chi connectivity index (χ3v) is 4.10. The van der Waals surface area contributed by atoms with Crippen molar-refractivity contribution in [2.45, 2.75) is 13.5 Å². The van der Waals surface area contributed by atoms with Gasteiger partial charge < -0.3 is 10.7 Å². The Bertz CT molecular complexity index is 764. The van der Waals surface area contributed by atoms with E-state index in [2.05, 4.69) is 22.1 Å². The van der Waals surface area contributed by atoms with E-state index in [1.807, 2.05) is 37.4 Å². The number of H-pyrrole nitrogens is 1. The van der Waals surface area contributed by atoms with Crippen LogP contribution in [0.1, 0.15) is 11.1 Å². The van der Waals surface area contributed by atoms with Crippen LogP contribution in [0.25, 0.3) is 22.5 Å². The Kier molecular flexibility index (Phi) is 3.78. The summed E-state index contributed by atoms with van der Waals surface area (Å²) in [5.41, 5.74) is 11.4. The van der Waals surface area contributed by atoms with Gasteiger partial charge in [0.2, 0.25) is 0 Å². The number of nitrogens with zero attached hydrogens (tertiary/aromatic N) is 1. The molecule has 1 aromatic heterocycles. The van der Waals surface area contributed by atoms with E-state index < -0.39 is 0 Å². The number of halogens is 1. The molecule has 0 radical (unpaired) electrons. The average molecular weight is 298 g/mol. The van der Waals surface area contributed by atoms with Crippen LogP contribution in [-0.2, 0) is 6.54 Å². The van der Waals surface area contributed by atoms with Crippen LogP contribution in [0.5, 0.6) is 0 Å².